The number of aryl methyl sites for hydroxylation is 1. The molecule has 7 nitrogen and oxygen atoms in total. The van der Waals surface area contributed by atoms with Crippen LogP contribution in [0.5, 0.6) is 5.75 Å². The van der Waals surface area contributed by atoms with E-state index in [-0.39, 0.29) is 36.3 Å². The molecule has 0 spiro atoms. The SMILES string of the molecule is CCNC(=NCc1cc(Br)ccc1OC(F)F)NCc1ncnn1C.I. The maximum absolute atomic E-state index is 12.5. The quantitative estimate of drug-likeness (QED) is 0.318. The van der Waals surface area contributed by atoms with Gasteiger partial charge in [0.15, 0.2) is 5.96 Å². The number of nitrogens with one attached hydrogen (secondary N) is 2. The molecule has 2 aromatic rings. The molecule has 0 saturated carbocycles. The summed E-state index contributed by atoms with van der Waals surface area (Å²) < 4.78 is 32.0. The third kappa shape index (κ3) is 7.02. The van der Waals surface area contributed by atoms with Gasteiger partial charge in [0.2, 0.25) is 0 Å². The van der Waals surface area contributed by atoms with E-state index in [1.807, 2.05) is 6.92 Å². The van der Waals surface area contributed by atoms with E-state index in [2.05, 4.69) is 46.4 Å². The third-order valence-corrected chi connectivity index (χ3v) is 3.70. The molecule has 0 fully saturated rings. The normalized spacial score (nSPS) is 11.2. The van der Waals surface area contributed by atoms with Crippen LogP contribution in [-0.2, 0) is 20.1 Å². The monoisotopic (exact) mass is 544 g/mol. The van der Waals surface area contributed by atoms with Crippen LogP contribution in [0.2, 0.25) is 0 Å². The first kappa shape index (κ1) is 22.5. The highest BCUT2D eigenvalue weighted by Crippen LogP contribution is 2.25. The largest absolute Gasteiger partial charge is 0.434 e. The lowest BCUT2D eigenvalue weighted by Crippen LogP contribution is -2.37. The Hall–Kier alpha value is -1.50. The van der Waals surface area contributed by atoms with Crippen LogP contribution in [0.25, 0.3) is 0 Å². The second kappa shape index (κ2) is 11.3. The number of guanidine groups is 1. The topological polar surface area (TPSA) is 76.4 Å². The highest BCUT2D eigenvalue weighted by atomic mass is 127. The molecule has 0 aliphatic rings. The fourth-order valence-electron chi connectivity index (χ4n) is 2.03. The van der Waals surface area contributed by atoms with Gasteiger partial charge in [0.05, 0.1) is 13.1 Å². The minimum absolute atomic E-state index is 0. The maximum Gasteiger partial charge on any atom is 0.387 e. The smallest absolute Gasteiger partial charge is 0.387 e. The van der Waals surface area contributed by atoms with E-state index in [0.717, 1.165) is 10.3 Å². The first-order valence-electron chi connectivity index (χ1n) is 7.58. The zero-order valence-electron chi connectivity index (χ0n) is 14.2. The van der Waals surface area contributed by atoms with E-state index in [1.54, 1.807) is 23.9 Å². The van der Waals surface area contributed by atoms with Gasteiger partial charge in [0.25, 0.3) is 0 Å². The van der Waals surface area contributed by atoms with Crippen molar-refractivity contribution in [2.24, 2.45) is 12.0 Å². The fraction of sp³-hybridized carbons (Fsp3) is 0.400. The minimum Gasteiger partial charge on any atom is -0.434 e. The molecule has 26 heavy (non-hydrogen) atoms. The Balaban J connectivity index is 0.00000338. The number of rotatable bonds is 7. The summed E-state index contributed by atoms with van der Waals surface area (Å²) in [6.45, 7) is 0.316. The van der Waals surface area contributed by atoms with Crippen molar-refractivity contribution in [2.45, 2.75) is 26.6 Å². The lowest BCUT2D eigenvalue weighted by molar-refractivity contribution is -0.0504. The second-order valence-corrected chi connectivity index (χ2v) is 5.89. The first-order chi connectivity index (χ1) is 12.0. The average molecular weight is 545 g/mol. The third-order valence-electron chi connectivity index (χ3n) is 3.21. The molecule has 0 bridgehead atoms. The van der Waals surface area contributed by atoms with Gasteiger partial charge in [0, 0.05) is 23.6 Å². The predicted octanol–water partition coefficient (Wildman–Crippen LogP) is 3.05. The molecule has 144 valence electrons. The molecule has 0 aliphatic carbocycles. The summed E-state index contributed by atoms with van der Waals surface area (Å²) in [6.07, 6.45) is 1.47. The molecule has 1 aromatic carbocycles. The van der Waals surface area contributed by atoms with Crippen LogP contribution in [0.3, 0.4) is 0 Å². The van der Waals surface area contributed by atoms with Crippen molar-refractivity contribution in [1.82, 2.24) is 25.4 Å². The van der Waals surface area contributed by atoms with Gasteiger partial charge >= 0.3 is 6.61 Å². The molecular formula is C15H20BrF2IN6O. The summed E-state index contributed by atoms with van der Waals surface area (Å²) in [5.74, 6) is 1.38. The summed E-state index contributed by atoms with van der Waals surface area (Å²) in [4.78, 5) is 8.53. The summed E-state index contributed by atoms with van der Waals surface area (Å²) in [6, 6.07) is 4.83. The van der Waals surface area contributed by atoms with Gasteiger partial charge in [-0.05, 0) is 25.1 Å². The van der Waals surface area contributed by atoms with Crippen LogP contribution in [0.15, 0.2) is 34.0 Å². The molecule has 0 unspecified atom stereocenters. The van der Waals surface area contributed by atoms with Gasteiger partial charge in [-0.1, -0.05) is 15.9 Å². The number of halogens is 4. The van der Waals surface area contributed by atoms with Crippen molar-refractivity contribution in [1.29, 1.82) is 0 Å². The predicted molar refractivity (Wildman–Crippen MR) is 109 cm³/mol. The van der Waals surface area contributed by atoms with Crippen LogP contribution in [0.4, 0.5) is 8.78 Å². The van der Waals surface area contributed by atoms with Crippen LogP contribution in [0.1, 0.15) is 18.3 Å². The van der Waals surface area contributed by atoms with Gasteiger partial charge < -0.3 is 15.4 Å². The number of hydrogen-bond acceptors (Lipinski definition) is 4. The lowest BCUT2D eigenvalue weighted by atomic mass is 10.2. The Labute approximate surface area is 175 Å². The first-order valence-corrected chi connectivity index (χ1v) is 8.37. The number of ether oxygens (including phenoxy) is 1. The van der Waals surface area contributed by atoms with Crippen LogP contribution < -0.4 is 15.4 Å². The van der Waals surface area contributed by atoms with Gasteiger partial charge in [-0.2, -0.15) is 13.9 Å². The zero-order valence-corrected chi connectivity index (χ0v) is 18.2. The molecule has 0 atom stereocenters. The fourth-order valence-corrected chi connectivity index (χ4v) is 2.44. The number of nitrogens with zero attached hydrogens (tertiary/aromatic N) is 4. The van der Waals surface area contributed by atoms with Crippen molar-refractivity contribution in [2.75, 3.05) is 6.54 Å². The van der Waals surface area contributed by atoms with Crippen LogP contribution in [-0.4, -0.2) is 33.9 Å². The van der Waals surface area contributed by atoms with E-state index in [4.69, 9.17) is 0 Å². The summed E-state index contributed by atoms with van der Waals surface area (Å²) >= 11 is 3.32. The minimum atomic E-state index is -2.88. The molecule has 0 aliphatic heterocycles. The molecule has 1 aromatic heterocycles. The summed E-state index contributed by atoms with van der Waals surface area (Å²) in [5.41, 5.74) is 0.547. The van der Waals surface area contributed by atoms with E-state index in [0.29, 0.717) is 24.6 Å². The second-order valence-electron chi connectivity index (χ2n) is 4.98. The van der Waals surface area contributed by atoms with E-state index >= 15 is 0 Å². The van der Waals surface area contributed by atoms with Crippen molar-refractivity contribution in [3.05, 3.63) is 40.4 Å². The summed E-state index contributed by atoms with van der Waals surface area (Å²) in [7, 11) is 1.80. The number of aliphatic imine (C=N–C) groups is 1. The Morgan fingerprint density at radius 3 is 2.77 bits per heavy atom. The van der Waals surface area contributed by atoms with Gasteiger partial charge in [-0.15, -0.1) is 24.0 Å². The molecular weight excluding hydrogens is 525 g/mol. The lowest BCUT2D eigenvalue weighted by Gasteiger charge is -2.13. The van der Waals surface area contributed by atoms with Gasteiger partial charge in [-0.25, -0.2) is 9.98 Å². The van der Waals surface area contributed by atoms with E-state index in [1.165, 1.54) is 12.4 Å². The number of alkyl halides is 2. The average Bonchev–Trinajstić information content (AvgIpc) is 2.97. The van der Waals surface area contributed by atoms with Crippen LogP contribution >= 0.6 is 39.9 Å². The Kier molecular flexibility index (Phi) is 9.76. The van der Waals surface area contributed by atoms with E-state index < -0.39 is 6.61 Å². The van der Waals surface area contributed by atoms with Crippen molar-refractivity contribution < 1.29 is 13.5 Å². The highest BCUT2D eigenvalue weighted by molar-refractivity contribution is 14.0. The number of benzene rings is 1. The summed E-state index contributed by atoms with van der Waals surface area (Å²) in [5, 5.41) is 10.2. The van der Waals surface area contributed by atoms with Crippen molar-refractivity contribution in [3.63, 3.8) is 0 Å². The molecule has 1 heterocycles. The number of aromatic nitrogens is 3. The van der Waals surface area contributed by atoms with Gasteiger partial charge in [-0.3, -0.25) is 4.68 Å². The maximum atomic E-state index is 12.5. The van der Waals surface area contributed by atoms with Gasteiger partial charge in [0.1, 0.15) is 17.9 Å². The molecule has 0 radical (unpaired) electrons. The van der Waals surface area contributed by atoms with Crippen molar-refractivity contribution >= 4 is 45.9 Å². The standard InChI is InChI=1S/C15H19BrF2N6O.HI/c1-3-19-15(21-8-13-22-9-23-24(13)2)20-7-10-6-11(16)4-5-12(10)25-14(17)18;/h4-6,9,14H,3,7-8H2,1-2H3,(H2,19,20,21);1H. The molecule has 0 saturated heterocycles. The molecule has 2 rings (SSSR count). The molecule has 0 amide bonds. The Morgan fingerprint density at radius 1 is 1.38 bits per heavy atom. The van der Waals surface area contributed by atoms with Crippen LogP contribution in [0, 0.1) is 0 Å². The Morgan fingerprint density at radius 2 is 2.15 bits per heavy atom. The highest BCUT2D eigenvalue weighted by Gasteiger charge is 2.10. The number of hydrogen-bond donors (Lipinski definition) is 2. The van der Waals surface area contributed by atoms with Crippen molar-refractivity contribution in [3.8, 4) is 5.75 Å². The Bertz CT molecular complexity index is 728. The molecule has 11 heteroatoms. The van der Waals surface area contributed by atoms with E-state index in [9.17, 15) is 8.78 Å². The zero-order chi connectivity index (χ0) is 18.2. The molecule has 2 N–H and O–H groups in total.